The van der Waals surface area contributed by atoms with Gasteiger partial charge in [0.05, 0.1) is 13.2 Å². The number of hydrogen-bond acceptors (Lipinski definition) is 2. The summed E-state index contributed by atoms with van der Waals surface area (Å²) in [7, 11) is 0. The largest absolute Gasteiger partial charge is 0.477 e. The number of aliphatic carboxylic acids is 1. The summed E-state index contributed by atoms with van der Waals surface area (Å²) >= 11 is 0. The van der Waals surface area contributed by atoms with Gasteiger partial charge < -0.3 is 10.4 Å². The Hall–Kier alpha value is -0.780. The van der Waals surface area contributed by atoms with Gasteiger partial charge in [-0.2, -0.15) is 8.78 Å². The molecule has 0 fully saturated rings. The lowest BCUT2D eigenvalue weighted by molar-refractivity contribution is -0.163. The van der Waals surface area contributed by atoms with Gasteiger partial charge in [0.1, 0.15) is 0 Å². The predicted octanol–water partition coefficient (Wildman–Crippen LogP) is 0.655. The zero-order chi connectivity index (χ0) is 9.61. The van der Waals surface area contributed by atoms with Crippen LogP contribution < -0.4 is 5.32 Å². The van der Waals surface area contributed by atoms with Gasteiger partial charge in [0.2, 0.25) is 0 Å². The second-order valence-electron chi connectivity index (χ2n) is 2.23. The molecule has 0 unspecified atom stereocenters. The highest BCUT2D eigenvalue weighted by atomic mass is 19.3. The first-order valence-electron chi connectivity index (χ1n) is 3.38. The summed E-state index contributed by atoms with van der Waals surface area (Å²) in [5.74, 6) is -5.94. The van der Waals surface area contributed by atoms with E-state index in [1.165, 1.54) is 0 Å². The van der Waals surface area contributed by atoms with Crippen LogP contribution in [0.1, 0.15) is 6.42 Å². The smallest absolute Gasteiger partial charge is 0.375 e. The van der Waals surface area contributed by atoms with Crippen molar-refractivity contribution in [1.82, 2.24) is 5.32 Å². The monoisotopic (exact) mass is 185 g/mol. The molecule has 0 aliphatic heterocycles. The molecular formula is C6H10F3NO2. The quantitative estimate of drug-likeness (QED) is 0.597. The molecule has 0 bridgehead atoms. The Morgan fingerprint density at radius 1 is 1.50 bits per heavy atom. The van der Waals surface area contributed by atoms with E-state index in [1.54, 1.807) is 0 Å². The fourth-order valence-corrected chi connectivity index (χ4v) is 0.513. The zero-order valence-electron chi connectivity index (χ0n) is 6.32. The lowest BCUT2D eigenvalue weighted by atomic mass is 10.3. The molecule has 0 saturated carbocycles. The second-order valence-corrected chi connectivity index (χ2v) is 2.23. The molecule has 6 heteroatoms. The minimum atomic E-state index is -3.77. The van der Waals surface area contributed by atoms with Crippen molar-refractivity contribution in [1.29, 1.82) is 0 Å². The molecule has 2 N–H and O–H groups in total. The lowest BCUT2D eigenvalue weighted by Crippen LogP contribution is -2.40. The summed E-state index contributed by atoms with van der Waals surface area (Å²) in [4.78, 5) is 9.82. The van der Waals surface area contributed by atoms with Crippen LogP contribution in [0.4, 0.5) is 13.2 Å². The number of carboxylic acids is 1. The Morgan fingerprint density at radius 2 is 2.08 bits per heavy atom. The highest BCUT2D eigenvalue weighted by molar-refractivity contribution is 5.75. The molecule has 0 spiro atoms. The van der Waals surface area contributed by atoms with Crippen LogP contribution in [0, 0.1) is 0 Å². The van der Waals surface area contributed by atoms with Gasteiger partial charge in [0.15, 0.2) is 0 Å². The standard InChI is InChI=1S/C6H10F3NO2/c7-2-1-3-10-4-6(8,9)5(11)12/h10H,1-4H2,(H,11,12). The second kappa shape index (κ2) is 4.97. The van der Waals surface area contributed by atoms with Gasteiger partial charge in [-0.1, -0.05) is 0 Å². The average Bonchev–Trinajstić information content (AvgIpc) is 1.98. The maximum absolute atomic E-state index is 12.2. The van der Waals surface area contributed by atoms with E-state index in [9.17, 15) is 18.0 Å². The SMILES string of the molecule is O=C(O)C(F)(F)CNCCCF. The Balaban J connectivity index is 3.54. The fourth-order valence-electron chi connectivity index (χ4n) is 0.513. The molecule has 0 aliphatic carbocycles. The number of rotatable bonds is 6. The van der Waals surface area contributed by atoms with Gasteiger partial charge in [-0.3, -0.25) is 4.39 Å². The molecular weight excluding hydrogens is 175 g/mol. The van der Waals surface area contributed by atoms with Crippen molar-refractivity contribution >= 4 is 5.97 Å². The molecule has 0 aromatic rings. The number of carboxylic acid groups (broad SMARTS) is 1. The Bertz CT molecular complexity index is 152. The third kappa shape index (κ3) is 4.17. The number of carbonyl (C=O) groups is 1. The molecule has 0 atom stereocenters. The maximum atomic E-state index is 12.2. The summed E-state index contributed by atoms with van der Waals surface area (Å²) in [6.45, 7) is -1.51. The van der Waals surface area contributed by atoms with Gasteiger partial charge in [0, 0.05) is 0 Å². The molecule has 0 radical (unpaired) electrons. The highest BCUT2D eigenvalue weighted by Crippen LogP contribution is 2.11. The summed E-state index contributed by atoms with van der Waals surface area (Å²) in [5, 5.41) is 10.1. The van der Waals surface area contributed by atoms with Crippen molar-refractivity contribution in [3.05, 3.63) is 0 Å². The van der Waals surface area contributed by atoms with Crippen molar-refractivity contribution in [2.45, 2.75) is 12.3 Å². The Labute approximate surface area is 67.6 Å². The van der Waals surface area contributed by atoms with Gasteiger partial charge in [-0.05, 0) is 13.0 Å². The van der Waals surface area contributed by atoms with E-state index in [0.29, 0.717) is 0 Å². The van der Waals surface area contributed by atoms with E-state index in [2.05, 4.69) is 5.32 Å². The molecule has 3 nitrogen and oxygen atoms in total. The fraction of sp³-hybridized carbons (Fsp3) is 0.833. The summed E-state index contributed by atoms with van der Waals surface area (Å²) in [5.41, 5.74) is 0. The van der Waals surface area contributed by atoms with Crippen molar-refractivity contribution in [2.75, 3.05) is 19.8 Å². The van der Waals surface area contributed by atoms with E-state index in [0.717, 1.165) is 0 Å². The van der Waals surface area contributed by atoms with Gasteiger partial charge in [-0.25, -0.2) is 4.79 Å². The minimum Gasteiger partial charge on any atom is -0.477 e. The molecule has 0 aliphatic rings. The summed E-state index contributed by atoms with van der Waals surface area (Å²) < 4.78 is 35.9. The van der Waals surface area contributed by atoms with Crippen LogP contribution in [-0.2, 0) is 4.79 Å². The minimum absolute atomic E-state index is 0.0549. The summed E-state index contributed by atoms with van der Waals surface area (Å²) in [6.07, 6.45) is 0.107. The van der Waals surface area contributed by atoms with Crippen LogP contribution in [0.25, 0.3) is 0 Å². The topological polar surface area (TPSA) is 49.3 Å². The first kappa shape index (κ1) is 11.2. The molecule has 0 heterocycles. The first-order chi connectivity index (χ1) is 5.50. The molecule has 0 rings (SSSR count). The first-order valence-corrected chi connectivity index (χ1v) is 3.38. The van der Waals surface area contributed by atoms with E-state index >= 15 is 0 Å². The maximum Gasteiger partial charge on any atom is 0.375 e. The number of halogens is 3. The van der Waals surface area contributed by atoms with Crippen LogP contribution in [0.2, 0.25) is 0 Å². The van der Waals surface area contributed by atoms with Crippen LogP contribution in [0.15, 0.2) is 0 Å². The summed E-state index contributed by atoms with van der Waals surface area (Å²) in [6, 6.07) is 0. The van der Waals surface area contributed by atoms with Gasteiger partial charge >= 0.3 is 11.9 Å². The lowest BCUT2D eigenvalue weighted by Gasteiger charge is -2.10. The average molecular weight is 185 g/mol. The molecule has 0 saturated heterocycles. The van der Waals surface area contributed by atoms with Crippen LogP contribution in [0.3, 0.4) is 0 Å². The molecule has 0 aromatic heterocycles. The number of nitrogens with one attached hydrogen (secondary N) is 1. The number of alkyl halides is 3. The Morgan fingerprint density at radius 3 is 2.50 bits per heavy atom. The van der Waals surface area contributed by atoms with Crippen LogP contribution >= 0.6 is 0 Å². The van der Waals surface area contributed by atoms with Gasteiger partial charge in [-0.15, -0.1) is 0 Å². The number of hydrogen-bond donors (Lipinski definition) is 2. The van der Waals surface area contributed by atoms with Crippen LogP contribution in [0.5, 0.6) is 0 Å². The van der Waals surface area contributed by atoms with Crippen molar-refractivity contribution < 1.29 is 23.1 Å². The molecule has 0 amide bonds. The van der Waals surface area contributed by atoms with Crippen LogP contribution in [-0.4, -0.2) is 36.8 Å². The highest BCUT2D eigenvalue weighted by Gasteiger charge is 2.37. The van der Waals surface area contributed by atoms with Crippen molar-refractivity contribution in [3.63, 3.8) is 0 Å². The van der Waals surface area contributed by atoms with E-state index in [1.807, 2.05) is 0 Å². The van der Waals surface area contributed by atoms with E-state index in [4.69, 9.17) is 5.11 Å². The normalized spacial score (nSPS) is 11.6. The third-order valence-corrected chi connectivity index (χ3v) is 1.15. The van der Waals surface area contributed by atoms with Crippen molar-refractivity contribution in [2.24, 2.45) is 0 Å². The van der Waals surface area contributed by atoms with E-state index in [-0.39, 0.29) is 13.0 Å². The molecule has 12 heavy (non-hydrogen) atoms. The molecule has 72 valence electrons. The zero-order valence-corrected chi connectivity index (χ0v) is 6.32. The van der Waals surface area contributed by atoms with E-state index < -0.39 is 25.1 Å². The van der Waals surface area contributed by atoms with Gasteiger partial charge in [0.25, 0.3) is 0 Å². The third-order valence-electron chi connectivity index (χ3n) is 1.15. The Kier molecular flexibility index (Phi) is 4.65. The van der Waals surface area contributed by atoms with Crippen molar-refractivity contribution in [3.8, 4) is 0 Å². The molecule has 0 aromatic carbocycles. The predicted molar refractivity (Wildman–Crippen MR) is 36.0 cm³/mol.